The Balaban J connectivity index is 1.99. The van der Waals surface area contributed by atoms with E-state index >= 15 is 0 Å². The van der Waals surface area contributed by atoms with E-state index in [0.29, 0.717) is 37.3 Å². The summed E-state index contributed by atoms with van der Waals surface area (Å²) in [6, 6.07) is 5.11. The van der Waals surface area contributed by atoms with Crippen LogP contribution in [0, 0.1) is 0 Å². The number of halogens is 1. The first-order valence-corrected chi connectivity index (χ1v) is 6.93. The van der Waals surface area contributed by atoms with Crippen molar-refractivity contribution in [2.24, 2.45) is 0 Å². The van der Waals surface area contributed by atoms with Crippen molar-refractivity contribution >= 4 is 27.5 Å². The van der Waals surface area contributed by atoms with E-state index in [1.165, 1.54) is 0 Å². The van der Waals surface area contributed by atoms with Crippen molar-refractivity contribution in [1.29, 1.82) is 0 Å². The van der Waals surface area contributed by atoms with E-state index < -0.39 is 5.60 Å². The van der Waals surface area contributed by atoms with Gasteiger partial charge in [-0.15, -0.1) is 0 Å². The van der Waals surface area contributed by atoms with Crippen LogP contribution in [0.4, 0.5) is 5.69 Å². The van der Waals surface area contributed by atoms with Gasteiger partial charge in [0, 0.05) is 42.8 Å². The van der Waals surface area contributed by atoms with Crippen molar-refractivity contribution in [2.75, 3.05) is 25.5 Å². The van der Waals surface area contributed by atoms with Crippen LogP contribution in [0.3, 0.4) is 0 Å². The van der Waals surface area contributed by atoms with Crippen molar-refractivity contribution in [3.05, 3.63) is 28.2 Å². The summed E-state index contributed by atoms with van der Waals surface area (Å²) < 4.78 is 5.98. The van der Waals surface area contributed by atoms with Crippen molar-refractivity contribution in [1.82, 2.24) is 5.32 Å². The van der Waals surface area contributed by atoms with E-state index in [1.807, 2.05) is 0 Å². The molecule has 1 fully saturated rings. The van der Waals surface area contributed by atoms with Gasteiger partial charge in [0.2, 0.25) is 0 Å². The van der Waals surface area contributed by atoms with Crippen LogP contribution in [0.1, 0.15) is 23.2 Å². The van der Waals surface area contributed by atoms with E-state index in [4.69, 9.17) is 10.5 Å². The highest BCUT2D eigenvalue weighted by Crippen LogP contribution is 2.21. The summed E-state index contributed by atoms with van der Waals surface area (Å²) in [5.74, 6) is -0.279. The lowest BCUT2D eigenvalue weighted by molar-refractivity contribution is -0.0605. The highest BCUT2D eigenvalue weighted by Gasteiger charge is 2.30. The maximum atomic E-state index is 12.0. The Hall–Kier alpha value is -1.11. The summed E-state index contributed by atoms with van der Waals surface area (Å²) >= 11 is 3.30. The molecule has 0 saturated carbocycles. The first kappa shape index (κ1) is 14.3. The van der Waals surface area contributed by atoms with Gasteiger partial charge in [0.05, 0.1) is 11.2 Å². The fourth-order valence-corrected chi connectivity index (χ4v) is 2.35. The van der Waals surface area contributed by atoms with Crippen LogP contribution in [-0.4, -0.2) is 36.4 Å². The van der Waals surface area contributed by atoms with Crippen LogP contribution in [0.25, 0.3) is 0 Å². The van der Waals surface area contributed by atoms with Gasteiger partial charge in [0.1, 0.15) is 0 Å². The Labute approximate surface area is 120 Å². The quantitative estimate of drug-likeness (QED) is 0.730. The van der Waals surface area contributed by atoms with Gasteiger partial charge < -0.3 is 20.9 Å². The van der Waals surface area contributed by atoms with Crippen LogP contribution >= 0.6 is 15.9 Å². The van der Waals surface area contributed by atoms with Gasteiger partial charge in [-0.25, -0.2) is 0 Å². The Morgan fingerprint density at radius 2 is 2.16 bits per heavy atom. The molecule has 0 aliphatic carbocycles. The van der Waals surface area contributed by atoms with E-state index in [0.717, 1.165) is 4.47 Å². The first-order valence-electron chi connectivity index (χ1n) is 6.13. The molecule has 104 valence electrons. The molecule has 6 heteroatoms. The molecule has 1 aliphatic heterocycles. The average molecular weight is 329 g/mol. The van der Waals surface area contributed by atoms with Crippen molar-refractivity contribution in [2.45, 2.75) is 18.4 Å². The number of nitrogen functional groups attached to an aromatic ring is 1. The first-order chi connectivity index (χ1) is 9.00. The summed E-state index contributed by atoms with van der Waals surface area (Å²) in [5.41, 5.74) is 5.71. The number of ether oxygens (including phenoxy) is 1. The predicted molar refractivity (Wildman–Crippen MR) is 75.9 cm³/mol. The Kier molecular flexibility index (Phi) is 4.44. The number of nitrogens with two attached hydrogens (primary N) is 1. The van der Waals surface area contributed by atoms with Gasteiger partial charge >= 0.3 is 0 Å². The number of hydrogen-bond donors (Lipinski definition) is 3. The fraction of sp³-hybridized carbons (Fsp3) is 0.462. The van der Waals surface area contributed by atoms with Gasteiger partial charge in [-0.1, -0.05) is 15.9 Å². The normalized spacial score (nSPS) is 18.0. The Morgan fingerprint density at radius 3 is 2.84 bits per heavy atom. The van der Waals surface area contributed by atoms with Crippen molar-refractivity contribution in [3.63, 3.8) is 0 Å². The summed E-state index contributed by atoms with van der Waals surface area (Å²) in [6.07, 6.45) is 1.06. The van der Waals surface area contributed by atoms with Gasteiger partial charge in [0.15, 0.2) is 0 Å². The average Bonchev–Trinajstić information content (AvgIpc) is 2.40. The molecule has 5 nitrogen and oxygen atoms in total. The monoisotopic (exact) mass is 328 g/mol. The van der Waals surface area contributed by atoms with Gasteiger partial charge in [-0.05, 0) is 18.2 Å². The number of aliphatic hydroxyl groups is 1. The molecule has 0 spiro atoms. The number of hydrogen-bond acceptors (Lipinski definition) is 4. The summed E-state index contributed by atoms with van der Waals surface area (Å²) in [5, 5.41) is 13.0. The molecular formula is C13H17BrN2O3. The lowest BCUT2D eigenvalue weighted by Gasteiger charge is -2.32. The predicted octanol–water partition coefficient (Wildman–Crippen LogP) is 1.30. The highest BCUT2D eigenvalue weighted by molar-refractivity contribution is 9.10. The minimum Gasteiger partial charge on any atom is -0.398 e. The zero-order chi connectivity index (χ0) is 13.9. The second kappa shape index (κ2) is 5.90. The minimum atomic E-state index is -0.880. The lowest BCUT2D eigenvalue weighted by atomic mass is 9.94. The lowest BCUT2D eigenvalue weighted by Crippen LogP contribution is -2.46. The Bertz CT molecular complexity index is 473. The maximum Gasteiger partial charge on any atom is 0.253 e. The number of carbonyl (C=O) groups excluding carboxylic acids is 1. The van der Waals surface area contributed by atoms with E-state index in [2.05, 4.69) is 21.2 Å². The Morgan fingerprint density at radius 1 is 1.47 bits per heavy atom. The molecule has 0 aromatic heterocycles. The maximum absolute atomic E-state index is 12.0. The molecule has 0 radical (unpaired) electrons. The van der Waals surface area contributed by atoms with E-state index in [1.54, 1.807) is 18.2 Å². The molecular weight excluding hydrogens is 312 g/mol. The zero-order valence-electron chi connectivity index (χ0n) is 10.5. The summed E-state index contributed by atoms with van der Waals surface area (Å²) in [6.45, 7) is 1.25. The van der Waals surface area contributed by atoms with E-state index in [-0.39, 0.29) is 12.5 Å². The molecule has 1 amide bonds. The van der Waals surface area contributed by atoms with Crippen LogP contribution in [0.5, 0.6) is 0 Å². The molecule has 1 aliphatic rings. The summed E-state index contributed by atoms with van der Waals surface area (Å²) in [7, 11) is 0. The second-order valence-corrected chi connectivity index (χ2v) is 5.67. The number of nitrogens with one attached hydrogen (secondary N) is 1. The molecule has 0 unspecified atom stereocenters. The number of amides is 1. The van der Waals surface area contributed by atoms with Crippen molar-refractivity contribution < 1.29 is 14.6 Å². The van der Waals surface area contributed by atoms with Gasteiger partial charge in [-0.2, -0.15) is 0 Å². The molecule has 2 rings (SSSR count). The smallest absolute Gasteiger partial charge is 0.253 e. The standard InChI is InChI=1S/C13H17BrN2O3/c14-9-1-2-11(15)10(7-9)12(17)16-8-13(18)3-5-19-6-4-13/h1-2,7,18H,3-6,8,15H2,(H,16,17). The third-order valence-electron chi connectivity index (χ3n) is 3.26. The molecule has 19 heavy (non-hydrogen) atoms. The number of anilines is 1. The molecule has 1 saturated heterocycles. The topological polar surface area (TPSA) is 84.6 Å². The zero-order valence-corrected chi connectivity index (χ0v) is 12.1. The summed E-state index contributed by atoms with van der Waals surface area (Å²) in [4.78, 5) is 12.0. The molecule has 1 heterocycles. The molecule has 4 N–H and O–H groups in total. The van der Waals surface area contributed by atoms with Gasteiger partial charge in [-0.3, -0.25) is 4.79 Å². The number of rotatable bonds is 3. The largest absolute Gasteiger partial charge is 0.398 e. The molecule has 0 atom stereocenters. The fourth-order valence-electron chi connectivity index (χ4n) is 1.99. The molecule has 0 bridgehead atoms. The third-order valence-corrected chi connectivity index (χ3v) is 3.75. The molecule has 1 aromatic carbocycles. The van der Waals surface area contributed by atoms with Crippen LogP contribution in [0.2, 0.25) is 0 Å². The second-order valence-electron chi connectivity index (χ2n) is 4.75. The third kappa shape index (κ3) is 3.68. The van der Waals surface area contributed by atoms with Gasteiger partial charge in [0.25, 0.3) is 5.91 Å². The SMILES string of the molecule is Nc1ccc(Br)cc1C(=O)NCC1(O)CCOCC1. The number of carbonyl (C=O) groups is 1. The minimum absolute atomic E-state index is 0.209. The number of benzene rings is 1. The van der Waals surface area contributed by atoms with Crippen LogP contribution in [-0.2, 0) is 4.74 Å². The van der Waals surface area contributed by atoms with E-state index in [9.17, 15) is 9.90 Å². The molecule has 1 aromatic rings. The van der Waals surface area contributed by atoms with Crippen LogP contribution < -0.4 is 11.1 Å². The van der Waals surface area contributed by atoms with Crippen LogP contribution in [0.15, 0.2) is 22.7 Å². The van der Waals surface area contributed by atoms with Crippen molar-refractivity contribution in [3.8, 4) is 0 Å². The highest BCUT2D eigenvalue weighted by atomic mass is 79.9.